The number of nitrogens with zero attached hydrogens (tertiary/aromatic N) is 4. The Morgan fingerprint density at radius 2 is 1.59 bits per heavy atom. The second kappa shape index (κ2) is 7.75. The summed E-state index contributed by atoms with van der Waals surface area (Å²) in [5.74, 6) is 0.925. The molecule has 3 heterocycles. The number of aromatic nitrogens is 1. The molecule has 0 saturated carbocycles. The summed E-state index contributed by atoms with van der Waals surface area (Å²) in [7, 11) is -3.45. The first kappa shape index (κ1) is 20.1. The van der Waals surface area contributed by atoms with Crippen molar-refractivity contribution in [2.45, 2.75) is 44.9 Å². The van der Waals surface area contributed by atoms with E-state index in [1.807, 2.05) is 25.7 Å². The molecule has 0 unspecified atom stereocenters. The summed E-state index contributed by atoms with van der Waals surface area (Å²) in [6.07, 6.45) is 4.39. The lowest BCUT2D eigenvalue weighted by molar-refractivity contribution is -0.139. The zero-order valence-electron chi connectivity index (χ0n) is 16.5. The van der Waals surface area contributed by atoms with Crippen molar-refractivity contribution in [2.24, 2.45) is 5.41 Å². The maximum Gasteiger partial charge on any atom is 0.244 e. The summed E-state index contributed by atoms with van der Waals surface area (Å²) in [4.78, 5) is 21.0. The van der Waals surface area contributed by atoms with Crippen LogP contribution >= 0.6 is 0 Å². The largest absolute Gasteiger partial charge is 0.353 e. The Labute approximate surface area is 162 Å². The van der Waals surface area contributed by atoms with Gasteiger partial charge in [-0.15, -0.1) is 0 Å². The van der Waals surface area contributed by atoms with E-state index in [0.717, 1.165) is 25.1 Å². The van der Waals surface area contributed by atoms with Gasteiger partial charge in [0.15, 0.2) is 0 Å². The highest BCUT2D eigenvalue weighted by atomic mass is 32.2. The molecule has 7 nitrogen and oxygen atoms in total. The molecule has 3 rings (SSSR count). The molecule has 2 aliphatic rings. The molecule has 0 N–H and O–H groups in total. The number of hydrogen-bond acceptors (Lipinski definition) is 5. The third-order valence-corrected chi connectivity index (χ3v) is 7.09. The lowest BCUT2D eigenvalue weighted by Crippen LogP contribution is -2.51. The van der Waals surface area contributed by atoms with Crippen LogP contribution in [0, 0.1) is 5.41 Å². The summed E-state index contributed by atoms with van der Waals surface area (Å²) in [6, 6.07) is 3.43. The van der Waals surface area contributed by atoms with E-state index in [1.54, 1.807) is 16.4 Å². The Morgan fingerprint density at radius 3 is 2.11 bits per heavy atom. The first-order valence-electron chi connectivity index (χ1n) is 9.70. The predicted octanol–water partition coefficient (Wildman–Crippen LogP) is 1.95. The standard InChI is InChI=1S/C19H30N4O3S/c1-19(2,3)18(24)22-13-11-21(12-14-22)17-8-7-16(15-20-17)27(25,26)23-9-5-4-6-10-23/h7-8,15H,4-6,9-14H2,1-3H3. The molecule has 8 heteroatoms. The smallest absolute Gasteiger partial charge is 0.244 e. The van der Waals surface area contributed by atoms with Crippen LogP contribution in [-0.4, -0.2) is 67.8 Å². The molecule has 150 valence electrons. The van der Waals surface area contributed by atoms with Gasteiger partial charge >= 0.3 is 0 Å². The van der Waals surface area contributed by atoms with E-state index in [-0.39, 0.29) is 16.2 Å². The molecule has 2 aliphatic heterocycles. The average molecular weight is 395 g/mol. The second-order valence-electron chi connectivity index (χ2n) is 8.35. The monoisotopic (exact) mass is 394 g/mol. The summed E-state index contributed by atoms with van der Waals surface area (Å²) in [5.41, 5.74) is -0.370. The van der Waals surface area contributed by atoms with E-state index in [1.165, 1.54) is 6.20 Å². The normalized spacial score (nSPS) is 20.0. The van der Waals surface area contributed by atoms with Crippen LogP contribution in [0.1, 0.15) is 40.0 Å². The molecule has 0 bridgehead atoms. The maximum absolute atomic E-state index is 12.7. The van der Waals surface area contributed by atoms with Gasteiger partial charge < -0.3 is 9.80 Å². The van der Waals surface area contributed by atoms with Crippen LogP contribution in [0.25, 0.3) is 0 Å². The molecule has 0 radical (unpaired) electrons. The summed E-state index contributed by atoms with van der Waals surface area (Å²) in [5, 5.41) is 0. The highest BCUT2D eigenvalue weighted by molar-refractivity contribution is 7.89. The molecule has 1 amide bonds. The Balaban J connectivity index is 1.64. The molecule has 1 aromatic rings. The van der Waals surface area contributed by atoms with Gasteiger partial charge in [-0.1, -0.05) is 27.2 Å². The van der Waals surface area contributed by atoms with Gasteiger partial charge in [-0.25, -0.2) is 13.4 Å². The van der Waals surface area contributed by atoms with Gasteiger partial charge in [0.05, 0.1) is 0 Å². The van der Waals surface area contributed by atoms with Crippen molar-refractivity contribution in [3.05, 3.63) is 18.3 Å². The van der Waals surface area contributed by atoms with Crippen LogP contribution in [0.4, 0.5) is 5.82 Å². The minimum Gasteiger partial charge on any atom is -0.353 e. The number of carbonyl (C=O) groups is 1. The Bertz CT molecular complexity index is 757. The van der Waals surface area contributed by atoms with Crippen LogP contribution < -0.4 is 4.90 Å². The number of rotatable bonds is 3. The zero-order valence-corrected chi connectivity index (χ0v) is 17.3. The van der Waals surface area contributed by atoms with Gasteiger partial charge in [-0.3, -0.25) is 4.79 Å². The molecular formula is C19H30N4O3S. The van der Waals surface area contributed by atoms with Crippen molar-refractivity contribution in [1.29, 1.82) is 0 Å². The van der Waals surface area contributed by atoms with Gasteiger partial charge in [-0.2, -0.15) is 4.31 Å². The van der Waals surface area contributed by atoms with Gasteiger partial charge in [0, 0.05) is 50.9 Å². The maximum atomic E-state index is 12.7. The molecule has 2 saturated heterocycles. The van der Waals surface area contributed by atoms with Crippen molar-refractivity contribution < 1.29 is 13.2 Å². The first-order valence-corrected chi connectivity index (χ1v) is 11.1. The summed E-state index contributed by atoms with van der Waals surface area (Å²) in [6.45, 7) is 9.71. The molecule has 0 spiro atoms. The zero-order chi connectivity index (χ0) is 19.7. The van der Waals surface area contributed by atoms with E-state index in [9.17, 15) is 13.2 Å². The van der Waals surface area contributed by atoms with Crippen LogP contribution in [-0.2, 0) is 14.8 Å². The highest BCUT2D eigenvalue weighted by Crippen LogP contribution is 2.23. The SMILES string of the molecule is CC(C)(C)C(=O)N1CCN(c2ccc(S(=O)(=O)N3CCCCC3)cn2)CC1. The van der Waals surface area contributed by atoms with Crippen LogP contribution in [0.15, 0.2) is 23.2 Å². The first-order chi connectivity index (χ1) is 12.7. The molecular weight excluding hydrogens is 364 g/mol. The Hall–Kier alpha value is -1.67. The lowest BCUT2D eigenvalue weighted by atomic mass is 9.94. The van der Waals surface area contributed by atoms with Crippen molar-refractivity contribution in [1.82, 2.24) is 14.2 Å². The Kier molecular flexibility index (Phi) is 5.76. The molecule has 1 aromatic heterocycles. The van der Waals surface area contributed by atoms with E-state index in [4.69, 9.17) is 0 Å². The fourth-order valence-corrected chi connectivity index (χ4v) is 5.04. The van der Waals surface area contributed by atoms with E-state index in [0.29, 0.717) is 39.3 Å². The molecule has 27 heavy (non-hydrogen) atoms. The average Bonchev–Trinajstić information content (AvgIpc) is 2.67. The predicted molar refractivity (Wildman–Crippen MR) is 105 cm³/mol. The van der Waals surface area contributed by atoms with Gasteiger partial charge in [0.2, 0.25) is 15.9 Å². The Morgan fingerprint density at radius 1 is 0.963 bits per heavy atom. The third kappa shape index (κ3) is 4.43. The lowest BCUT2D eigenvalue weighted by Gasteiger charge is -2.38. The topological polar surface area (TPSA) is 73.8 Å². The van der Waals surface area contributed by atoms with Crippen LogP contribution in [0.2, 0.25) is 0 Å². The van der Waals surface area contributed by atoms with Gasteiger partial charge in [0.1, 0.15) is 10.7 Å². The number of piperazine rings is 1. The number of anilines is 1. The fourth-order valence-electron chi connectivity index (χ4n) is 3.58. The fraction of sp³-hybridized carbons (Fsp3) is 0.684. The van der Waals surface area contributed by atoms with E-state index in [2.05, 4.69) is 9.88 Å². The number of piperidine rings is 1. The van der Waals surface area contributed by atoms with E-state index >= 15 is 0 Å². The molecule has 0 aliphatic carbocycles. The molecule has 0 aromatic carbocycles. The van der Waals surface area contributed by atoms with Crippen LogP contribution in [0.3, 0.4) is 0 Å². The van der Waals surface area contributed by atoms with Gasteiger partial charge in [0.25, 0.3) is 0 Å². The number of pyridine rings is 1. The molecule has 0 atom stereocenters. The number of hydrogen-bond donors (Lipinski definition) is 0. The van der Waals surface area contributed by atoms with Crippen LogP contribution in [0.5, 0.6) is 0 Å². The minimum atomic E-state index is -3.45. The number of carbonyl (C=O) groups excluding carboxylic acids is 1. The number of sulfonamides is 1. The number of amides is 1. The van der Waals surface area contributed by atoms with Crippen molar-refractivity contribution >= 4 is 21.7 Å². The quantitative estimate of drug-likeness (QED) is 0.783. The molecule has 2 fully saturated rings. The summed E-state index contributed by atoms with van der Waals surface area (Å²) >= 11 is 0. The minimum absolute atomic E-state index is 0.165. The highest BCUT2D eigenvalue weighted by Gasteiger charge is 2.30. The van der Waals surface area contributed by atoms with Gasteiger partial charge in [-0.05, 0) is 25.0 Å². The van der Waals surface area contributed by atoms with Crippen molar-refractivity contribution in [3.63, 3.8) is 0 Å². The second-order valence-corrected chi connectivity index (χ2v) is 10.3. The summed E-state index contributed by atoms with van der Waals surface area (Å²) < 4.78 is 27.0. The van der Waals surface area contributed by atoms with Crippen molar-refractivity contribution in [3.8, 4) is 0 Å². The van der Waals surface area contributed by atoms with E-state index < -0.39 is 10.0 Å². The third-order valence-electron chi connectivity index (χ3n) is 5.21. The van der Waals surface area contributed by atoms with Crippen molar-refractivity contribution in [2.75, 3.05) is 44.2 Å².